The van der Waals surface area contributed by atoms with Gasteiger partial charge in [-0.25, -0.2) is 9.78 Å². The maximum absolute atomic E-state index is 12.7. The van der Waals surface area contributed by atoms with Crippen LogP contribution in [0.4, 0.5) is 10.8 Å². The highest BCUT2D eigenvalue weighted by molar-refractivity contribution is 7.15. The van der Waals surface area contributed by atoms with Gasteiger partial charge in [0.2, 0.25) is 0 Å². The summed E-state index contributed by atoms with van der Waals surface area (Å²) in [5.41, 5.74) is 2.80. The second-order valence-electron chi connectivity index (χ2n) is 6.98. The van der Waals surface area contributed by atoms with E-state index >= 15 is 0 Å². The average Bonchev–Trinajstić information content (AvgIpc) is 2.95. The van der Waals surface area contributed by atoms with Crippen LogP contribution < -0.4 is 10.6 Å². The molecule has 0 aliphatic heterocycles. The molecule has 0 fully saturated rings. The van der Waals surface area contributed by atoms with E-state index in [1.54, 1.807) is 12.1 Å². The zero-order chi connectivity index (χ0) is 20.7. The average molecular weight is 404 g/mol. The van der Waals surface area contributed by atoms with E-state index in [-0.39, 0.29) is 5.91 Å². The van der Waals surface area contributed by atoms with Gasteiger partial charge in [-0.15, -0.1) is 11.3 Å². The van der Waals surface area contributed by atoms with Crippen molar-refractivity contribution in [3.8, 4) is 0 Å². The Kier molecular flexibility index (Phi) is 7.99. The Bertz CT molecular complexity index is 813. The van der Waals surface area contributed by atoms with Gasteiger partial charge in [0, 0.05) is 16.1 Å². The minimum atomic E-state index is -0.875. The van der Waals surface area contributed by atoms with E-state index in [4.69, 9.17) is 0 Å². The third-order valence-electron chi connectivity index (χ3n) is 4.80. The molecule has 28 heavy (non-hydrogen) atoms. The van der Waals surface area contributed by atoms with E-state index in [9.17, 15) is 14.7 Å². The Morgan fingerprint density at radius 1 is 1.18 bits per heavy atom. The van der Waals surface area contributed by atoms with Crippen molar-refractivity contribution in [2.45, 2.75) is 65.8 Å². The van der Waals surface area contributed by atoms with Gasteiger partial charge in [-0.1, -0.05) is 38.7 Å². The molecule has 1 heterocycles. The minimum Gasteiger partial charge on any atom is -0.480 e. The van der Waals surface area contributed by atoms with Gasteiger partial charge in [0.1, 0.15) is 6.04 Å². The molecule has 152 valence electrons. The lowest BCUT2D eigenvalue weighted by Gasteiger charge is -2.18. The van der Waals surface area contributed by atoms with Crippen molar-refractivity contribution in [1.82, 2.24) is 4.98 Å². The van der Waals surface area contributed by atoms with Gasteiger partial charge in [0.05, 0.1) is 5.69 Å². The molecule has 1 aromatic carbocycles. The number of carboxylic acid groups (broad SMARTS) is 1. The van der Waals surface area contributed by atoms with Crippen molar-refractivity contribution in [2.75, 3.05) is 10.6 Å². The molecule has 6 nitrogen and oxygen atoms in total. The van der Waals surface area contributed by atoms with Crippen LogP contribution in [0.3, 0.4) is 0 Å². The topological polar surface area (TPSA) is 91.3 Å². The molecule has 2 rings (SSSR count). The van der Waals surface area contributed by atoms with E-state index in [2.05, 4.69) is 22.5 Å². The number of hydrogen-bond acceptors (Lipinski definition) is 5. The predicted molar refractivity (Wildman–Crippen MR) is 115 cm³/mol. The smallest absolute Gasteiger partial charge is 0.326 e. The van der Waals surface area contributed by atoms with Crippen LogP contribution in [0.1, 0.15) is 65.5 Å². The second-order valence-corrected chi connectivity index (χ2v) is 8.18. The number of carboxylic acids is 1. The Morgan fingerprint density at radius 2 is 1.93 bits per heavy atom. The van der Waals surface area contributed by atoms with Gasteiger partial charge >= 0.3 is 5.97 Å². The number of aryl methyl sites for hydroxylation is 2. The summed E-state index contributed by atoms with van der Waals surface area (Å²) >= 11 is 1.44. The van der Waals surface area contributed by atoms with Gasteiger partial charge < -0.3 is 10.4 Å². The molecule has 0 spiro atoms. The third-order valence-corrected chi connectivity index (χ3v) is 5.79. The van der Waals surface area contributed by atoms with Crippen LogP contribution in [-0.2, 0) is 4.79 Å². The summed E-state index contributed by atoms with van der Waals surface area (Å²) < 4.78 is 0. The molecule has 1 atom stereocenters. The van der Waals surface area contributed by atoms with Gasteiger partial charge in [-0.3, -0.25) is 10.1 Å². The molecule has 0 aliphatic carbocycles. The minimum absolute atomic E-state index is 0.246. The van der Waals surface area contributed by atoms with E-state index in [0.717, 1.165) is 41.8 Å². The standard InChI is InChI=1S/C21H29N3O3S/c1-5-6-7-8-11-18(20(26)27)23-17-12-9-10-16(13(17)2)19(25)24-21-22-14(3)15(4)28-21/h9-10,12,18,23H,5-8,11H2,1-4H3,(H,26,27)(H,22,24,25). The SMILES string of the molecule is CCCCCCC(Nc1cccc(C(=O)Nc2nc(C)c(C)s2)c1C)C(=O)O. The normalized spacial score (nSPS) is 11.9. The number of nitrogens with zero attached hydrogens (tertiary/aromatic N) is 1. The molecule has 0 saturated heterocycles. The number of thiazole rings is 1. The van der Waals surface area contributed by atoms with Crippen molar-refractivity contribution in [3.05, 3.63) is 39.9 Å². The van der Waals surface area contributed by atoms with E-state index in [1.807, 2.05) is 26.8 Å². The molecule has 0 aliphatic rings. The summed E-state index contributed by atoms with van der Waals surface area (Å²) in [6, 6.07) is 4.64. The van der Waals surface area contributed by atoms with Crippen LogP contribution in [0.2, 0.25) is 0 Å². The lowest BCUT2D eigenvalue weighted by Crippen LogP contribution is -2.29. The van der Waals surface area contributed by atoms with E-state index in [0.29, 0.717) is 22.8 Å². The summed E-state index contributed by atoms with van der Waals surface area (Å²) in [6.07, 6.45) is 4.66. The summed E-state index contributed by atoms with van der Waals surface area (Å²) in [7, 11) is 0. The van der Waals surface area contributed by atoms with E-state index in [1.165, 1.54) is 11.3 Å². The molecular formula is C21H29N3O3S. The first kappa shape index (κ1) is 21.9. The maximum atomic E-state index is 12.7. The Morgan fingerprint density at radius 3 is 2.54 bits per heavy atom. The Labute approximate surface area is 170 Å². The van der Waals surface area contributed by atoms with Crippen molar-refractivity contribution < 1.29 is 14.7 Å². The zero-order valence-electron chi connectivity index (χ0n) is 17.0. The highest BCUT2D eigenvalue weighted by Gasteiger charge is 2.20. The van der Waals surface area contributed by atoms with Crippen LogP contribution in [0, 0.1) is 20.8 Å². The number of aliphatic carboxylic acids is 1. The van der Waals surface area contributed by atoms with Gasteiger partial charge in [0.15, 0.2) is 5.13 Å². The second kappa shape index (κ2) is 10.2. The molecule has 1 unspecified atom stereocenters. The number of aromatic nitrogens is 1. The lowest BCUT2D eigenvalue weighted by molar-refractivity contribution is -0.138. The molecule has 7 heteroatoms. The monoisotopic (exact) mass is 403 g/mol. The first-order chi connectivity index (χ1) is 13.3. The van der Waals surface area contributed by atoms with Gasteiger partial charge in [0.25, 0.3) is 5.91 Å². The number of hydrogen-bond donors (Lipinski definition) is 3. The fraction of sp³-hybridized carbons (Fsp3) is 0.476. The predicted octanol–water partition coefficient (Wildman–Crippen LogP) is 5.16. The van der Waals surface area contributed by atoms with Gasteiger partial charge in [-0.05, 0) is 44.9 Å². The first-order valence-corrected chi connectivity index (χ1v) is 10.5. The summed E-state index contributed by atoms with van der Waals surface area (Å²) in [6.45, 7) is 7.82. The Hall–Kier alpha value is -2.41. The molecular weight excluding hydrogens is 374 g/mol. The van der Waals surface area contributed by atoms with Crippen molar-refractivity contribution in [2.24, 2.45) is 0 Å². The number of amides is 1. The number of nitrogens with one attached hydrogen (secondary N) is 2. The first-order valence-electron chi connectivity index (χ1n) is 9.67. The number of rotatable bonds is 10. The fourth-order valence-corrected chi connectivity index (χ4v) is 3.76. The number of carbonyl (C=O) groups excluding carboxylic acids is 1. The number of anilines is 2. The third kappa shape index (κ3) is 5.79. The molecule has 1 amide bonds. The zero-order valence-corrected chi connectivity index (χ0v) is 17.8. The Balaban J connectivity index is 2.11. The maximum Gasteiger partial charge on any atom is 0.326 e. The van der Waals surface area contributed by atoms with Crippen molar-refractivity contribution >= 4 is 34.0 Å². The number of carbonyl (C=O) groups is 2. The van der Waals surface area contributed by atoms with Crippen LogP contribution in [0.15, 0.2) is 18.2 Å². The number of benzene rings is 1. The van der Waals surface area contributed by atoms with Crippen molar-refractivity contribution in [1.29, 1.82) is 0 Å². The molecule has 0 saturated carbocycles. The molecule has 3 N–H and O–H groups in total. The molecule has 0 radical (unpaired) electrons. The van der Waals surface area contributed by atoms with Gasteiger partial charge in [-0.2, -0.15) is 0 Å². The summed E-state index contributed by atoms with van der Waals surface area (Å²) in [4.78, 5) is 29.7. The van der Waals surface area contributed by atoms with Crippen LogP contribution >= 0.6 is 11.3 Å². The molecule has 0 bridgehead atoms. The molecule has 1 aromatic heterocycles. The highest BCUT2D eigenvalue weighted by Crippen LogP contribution is 2.25. The number of unbranched alkanes of at least 4 members (excludes halogenated alkanes) is 3. The molecule has 2 aromatic rings. The fourth-order valence-electron chi connectivity index (χ4n) is 2.95. The highest BCUT2D eigenvalue weighted by atomic mass is 32.1. The quantitative estimate of drug-likeness (QED) is 0.477. The van der Waals surface area contributed by atoms with Crippen LogP contribution in [0.25, 0.3) is 0 Å². The summed E-state index contributed by atoms with van der Waals surface area (Å²) in [5, 5.41) is 16.0. The van der Waals surface area contributed by atoms with Crippen LogP contribution in [0.5, 0.6) is 0 Å². The summed E-state index contributed by atoms with van der Waals surface area (Å²) in [5.74, 6) is -1.12. The van der Waals surface area contributed by atoms with Crippen LogP contribution in [-0.4, -0.2) is 28.0 Å². The van der Waals surface area contributed by atoms with E-state index < -0.39 is 12.0 Å². The largest absolute Gasteiger partial charge is 0.480 e. The van der Waals surface area contributed by atoms with Crippen molar-refractivity contribution in [3.63, 3.8) is 0 Å². The lowest BCUT2D eigenvalue weighted by atomic mass is 10.0.